The van der Waals surface area contributed by atoms with Crippen molar-refractivity contribution in [2.45, 2.75) is 45.4 Å². The second-order valence-electron chi connectivity index (χ2n) is 5.86. The first-order valence-electron chi connectivity index (χ1n) is 7.38. The van der Waals surface area contributed by atoms with Crippen molar-refractivity contribution in [2.24, 2.45) is 0 Å². The Hall–Kier alpha value is -2.10. The zero-order valence-corrected chi connectivity index (χ0v) is 12.3. The predicted octanol–water partition coefficient (Wildman–Crippen LogP) is 4.31. The molecule has 1 aromatic carbocycles. The van der Waals surface area contributed by atoms with Crippen molar-refractivity contribution in [3.63, 3.8) is 0 Å². The molecule has 0 bridgehead atoms. The highest BCUT2D eigenvalue weighted by molar-refractivity contribution is 5.96. The number of benzene rings is 1. The molecule has 4 heteroatoms. The molecule has 0 atom stereocenters. The SMILES string of the molecule is Cc1ccc(-c2noc(C3CCCC3)c2C(=O)O)cc1C. The average molecular weight is 285 g/mol. The van der Waals surface area contributed by atoms with E-state index < -0.39 is 5.97 Å². The first-order chi connectivity index (χ1) is 10.1. The number of aromatic nitrogens is 1. The van der Waals surface area contributed by atoms with Gasteiger partial charge in [-0.1, -0.05) is 30.1 Å². The van der Waals surface area contributed by atoms with E-state index in [0.717, 1.165) is 36.8 Å². The van der Waals surface area contributed by atoms with Crippen molar-refractivity contribution in [1.82, 2.24) is 5.16 Å². The van der Waals surface area contributed by atoms with Gasteiger partial charge >= 0.3 is 5.97 Å². The number of carbonyl (C=O) groups is 1. The zero-order chi connectivity index (χ0) is 15.0. The summed E-state index contributed by atoms with van der Waals surface area (Å²) in [6, 6.07) is 5.86. The number of hydrogen-bond acceptors (Lipinski definition) is 3. The van der Waals surface area contributed by atoms with Crippen molar-refractivity contribution in [3.8, 4) is 11.3 Å². The number of rotatable bonds is 3. The van der Waals surface area contributed by atoms with Gasteiger partial charge in [0, 0.05) is 11.5 Å². The van der Waals surface area contributed by atoms with Crippen LogP contribution in [0.25, 0.3) is 11.3 Å². The van der Waals surface area contributed by atoms with Gasteiger partial charge in [-0.15, -0.1) is 0 Å². The summed E-state index contributed by atoms with van der Waals surface area (Å²) in [5, 5.41) is 13.6. The molecular weight excluding hydrogens is 266 g/mol. The number of carboxylic acids is 1. The maximum Gasteiger partial charge on any atom is 0.341 e. The molecule has 0 saturated heterocycles. The minimum absolute atomic E-state index is 0.198. The normalized spacial score (nSPS) is 15.5. The molecule has 0 aliphatic heterocycles. The molecule has 1 aliphatic carbocycles. The van der Waals surface area contributed by atoms with Crippen LogP contribution in [0.3, 0.4) is 0 Å². The fraction of sp³-hybridized carbons (Fsp3) is 0.412. The van der Waals surface area contributed by atoms with Gasteiger partial charge in [-0.2, -0.15) is 0 Å². The fourth-order valence-electron chi connectivity index (χ4n) is 3.06. The summed E-state index contributed by atoms with van der Waals surface area (Å²) < 4.78 is 5.43. The molecule has 1 aliphatic rings. The second kappa shape index (κ2) is 5.35. The van der Waals surface area contributed by atoms with Crippen LogP contribution in [0.15, 0.2) is 22.7 Å². The molecule has 3 rings (SSSR count). The highest BCUT2D eigenvalue weighted by Crippen LogP contribution is 2.39. The molecule has 1 N–H and O–H groups in total. The third kappa shape index (κ3) is 2.46. The second-order valence-corrected chi connectivity index (χ2v) is 5.86. The molecule has 1 saturated carbocycles. The van der Waals surface area contributed by atoms with Gasteiger partial charge < -0.3 is 9.63 Å². The lowest BCUT2D eigenvalue weighted by Crippen LogP contribution is -2.04. The van der Waals surface area contributed by atoms with Gasteiger partial charge in [0.05, 0.1) is 0 Å². The van der Waals surface area contributed by atoms with Crippen LogP contribution in [0, 0.1) is 13.8 Å². The fourth-order valence-corrected chi connectivity index (χ4v) is 3.06. The lowest BCUT2D eigenvalue weighted by Gasteiger charge is -2.06. The van der Waals surface area contributed by atoms with Crippen molar-refractivity contribution in [3.05, 3.63) is 40.6 Å². The molecule has 0 unspecified atom stereocenters. The van der Waals surface area contributed by atoms with Crippen LogP contribution in [-0.2, 0) is 0 Å². The summed E-state index contributed by atoms with van der Waals surface area (Å²) in [5.41, 5.74) is 3.80. The van der Waals surface area contributed by atoms with Gasteiger partial charge in [-0.25, -0.2) is 4.79 Å². The monoisotopic (exact) mass is 285 g/mol. The number of aromatic carboxylic acids is 1. The van der Waals surface area contributed by atoms with Gasteiger partial charge in [0.2, 0.25) is 0 Å². The summed E-state index contributed by atoms with van der Waals surface area (Å²) in [4.78, 5) is 11.7. The van der Waals surface area contributed by atoms with Gasteiger partial charge in [-0.05, 0) is 43.9 Å². The molecule has 21 heavy (non-hydrogen) atoms. The number of nitrogens with zero attached hydrogens (tertiary/aromatic N) is 1. The quantitative estimate of drug-likeness (QED) is 0.912. The first-order valence-corrected chi connectivity index (χ1v) is 7.38. The summed E-state index contributed by atoms with van der Waals surface area (Å²) >= 11 is 0. The molecule has 0 spiro atoms. The minimum Gasteiger partial charge on any atom is -0.477 e. The Labute approximate surface area is 123 Å². The van der Waals surface area contributed by atoms with E-state index in [2.05, 4.69) is 5.16 Å². The van der Waals surface area contributed by atoms with E-state index >= 15 is 0 Å². The van der Waals surface area contributed by atoms with Crippen LogP contribution in [0.5, 0.6) is 0 Å². The lowest BCUT2D eigenvalue weighted by atomic mass is 9.96. The number of carboxylic acid groups (broad SMARTS) is 1. The van der Waals surface area contributed by atoms with E-state index in [-0.39, 0.29) is 11.5 Å². The summed E-state index contributed by atoms with van der Waals surface area (Å²) in [6.07, 6.45) is 4.23. The molecule has 1 fully saturated rings. The topological polar surface area (TPSA) is 63.3 Å². The van der Waals surface area contributed by atoms with Crippen molar-refractivity contribution in [2.75, 3.05) is 0 Å². The minimum atomic E-state index is -0.952. The van der Waals surface area contributed by atoms with Gasteiger partial charge in [0.25, 0.3) is 0 Å². The largest absolute Gasteiger partial charge is 0.477 e. The van der Waals surface area contributed by atoms with Crippen molar-refractivity contribution in [1.29, 1.82) is 0 Å². The Kier molecular flexibility index (Phi) is 3.53. The highest BCUT2D eigenvalue weighted by atomic mass is 16.5. The average Bonchev–Trinajstić information content (AvgIpc) is 3.09. The molecule has 1 aromatic heterocycles. The van der Waals surface area contributed by atoms with Crippen LogP contribution < -0.4 is 0 Å². The van der Waals surface area contributed by atoms with Crippen LogP contribution in [0.1, 0.15) is 58.8 Å². The van der Waals surface area contributed by atoms with E-state index in [4.69, 9.17) is 4.52 Å². The van der Waals surface area contributed by atoms with Gasteiger partial charge in [0.15, 0.2) is 5.76 Å². The summed E-state index contributed by atoms with van der Waals surface area (Å²) in [7, 11) is 0. The van der Waals surface area contributed by atoms with E-state index in [0.29, 0.717) is 11.5 Å². The first kappa shape index (κ1) is 13.9. The Morgan fingerprint density at radius 2 is 1.95 bits per heavy atom. The Balaban J connectivity index is 2.09. The molecule has 4 nitrogen and oxygen atoms in total. The maximum atomic E-state index is 11.7. The van der Waals surface area contributed by atoms with Crippen molar-refractivity contribution < 1.29 is 14.4 Å². The third-order valence-corrected chi connectivity index (χ3v) is 4.44. The third-order valence-electron chi connectivity index (χ3n) is 4.44. The predicted molar refractivity (Wildman–Crippen MR) is 79.6 cm³/mol. The standard InChI is InChI=1S/C17H19NO3/c1-10-7-8-13(9-11(10)2)15-14(17(19)20)16(21-18-15)12-5-3-4-6-12/h7-9,12H,3-6H2,1-2H3,(H,19,20). The summed E-state index contributed by atoms with van der Waals surface area (Å²) in [5.74, 6) is -0.205. The molecular formula is C17H19NO3. The molecule has 110 valence electrons. The van der Waals surface area contributed by atoms with Crippen LogP contribution >= 0.6 is 0 Å². The Bertz CT molecular complexity index is 681. The zero-order valence-electron chi connectivity index (χ0n) is 12.3. The highest BCUT2D eigenvalue weighted by Gasteiger charge is 2.30. The Morgan fingerprint density at radius 1 is 1.24 bits per heavy atom. The van der Waals surface area contributed by atoms with E-state index in [1.165, 1.54) is 5.56 Å². The van der Waals surface area contributed by atoms with Crippen molar-refractivity contribution >= 4 is 5.97 Å². The molecule has 0 amide bonds. The van der Waals surface area contributed by atoms with E-state index in [9.17, 15) is 9.90 Å². The van der Waals surface area contributed by atoms with E-state index in [1.54, 1.807) is 0 Å². The number of aryl methyl sites for hydroxylation is 2. The lowest BCUT2D eigenvalue weighted by molar-refractivity contribution is 0.0694. The number of hydrogen-bond donors (Lipinski definition) is 1. The molecule has 1 heterocycles. The van der Waals surface area contributed by atoms with Crippen LogP contribution in [-0.4, -0.2) is 16.2 Å². The Morgan fingerprint density at radius 3 is 2.57 bits per heavy atom. The van der Waals surface area contributed by atoms with Crippen LogP contribution in [0.4, 0.5) is 0 Å². The van der Waals surface area contributed by atoms with Gasteiger partial charge in [-0.3, -0.25) is 0 Å². The summed E-state index contributed by atoms with van der Waals surface area (Å²) in [6.45, 7) is 4.04. The molecule has 0 radical (unpaired) electrons. The smallest absolute Gasteiger partial charge is 0.341 e. The van der Waals surface area contributed by atoms with Crippen LogP contribution in [0.2, 0.25) is 0 Å². The maximum absolute atomic E-state index is 11.7. The molecule has 2 aromatic rings. The van der Waals surface area contributed by atoms with E-state index in [1.807, 2.05) is 32.0 Å². The van der Waals surface area contributed by atoms with Gasteiger partial charge in [0.1, 0.15) is 11.3 Å².